The molecule has 0 N–H and O–H groups in total. The summed E-state index contributed by atoms with van der Waals surface area (Å²) in [6.45, 7) is 5.50. The zero-order valence-electron chi connectivity index (χ0n) is 4.64. The predicted octanol–water partition coefficient (Wildman–Crippen LogP) is 1.91. The topological polar surface area (TPSA) is 12.4 Å². The van der Waals surface area contributed by atoms with Crippen LogP contribution in [0.25, 0.3) is 0 Å². The molecular weight excluding hydrogens is 106 g/mol. The molecule has 0 aliphatic rings. The largest absolute Gasteiger partial charge is 0.255 e. The molecule has 0 saturated heterocycles. The van der Waals surface area contributed by atoms with Crippen LogP contribution in [-0.4, -0.2) is 12.5 Å². The summed E-state index contributed by atoms with van der Waals surface area (Å²) < 4.78 is 0. The molecule has 0 saturated carbocycles. The average Bonchev–Trinajstić information content (AvgIpc) is 1.68. The first-order chi connectivity index (χ1) is 3.31. The number of nitrogens with zero attached hydrogens (tertiary/aromatic N) is 1. The molecule has 40 valence electrons. The van der Waals surface area contributed by atoms with Gasteiger partial charge in [-0.15, -0.1) is 11.8 Å². The van der Waals surface area contributed by atoms with E-state index in [2.05, 4.69) is 11.6 Å². The van der Waals surface area contributed by atoms with Gasteiger partial charge in [-0.05, 0) is 13.2 Å². The second-order valence-corrected chi connectivity index (χ2v) is 1.86. The van der Waals surface area contributed by atoms with E-state index in [-0.39, 0.29) is 0 Å². The van der Waals surface area contributed by atoms with E-state index in [4.69, 9.17) is 0 Å². The molecule has 0 aromatic heterocycles. The molecule has 0 aromatic carbocycles. The van der Waals surface area contributed by atoms with Crippen LogP contribution in [0.1, 0.15) is 6.92 Å². The molecule has 0 aliphatic carbocycles. The van der Waals surface area contributed by atoms with Crippen molar-refractivity contribution in [2.75, 3.05) is 6.26 Å². The second kappa shape index (κ2) is 3.93. The quantitative estimate of drug-likeness (QED) is 0.501. The maximum Gasteiger partial charge on any atom is 0.0881 e. The molecule has 7 heavy (non-hydrogen) atoms. The number of aliphatic imine (C=N–C) groups is 1. The van der Waals surface area contributed by atoms with Crippen molar-refractivity contribution >= 4 is 18.0 Å². The highest BCUT2D eigenvalue weighted by Gasteiger charge is 1.76. The fourth-order valence-corrected chi connectivity index (χ4v) is 0.408. The fourth-order valence-electron chi connectivity index (χ4n) is 0.197. The Morgan fingerprint density at radius 1 is 1.86 bits per heavy atom. The normalized spacial score (nSPS) is 10.0. The van der Waals surface area contributed by atoms with Gasteiger partial charge in [-0.25, -0.2) is 0 Å². The van der Waals surface area contributed by atoms with Gasteiger partial charge in [0.05, 0.1) is 5.03 Å². The lowest BCUT2D eigenvalue weighted by molar-refractivity contribution is 1.56. The van der Waals surface area contributed by atoms with Crippen LogP contribution in [0.2, 0.25) is 0 Å². The molecule has 0 spiro atoms. The van der Waals surface area contributed by atoms with E-state index in [9.17, 15) is 0 Å². The van der Waals surface area contributed by atoms with Crippen molar-refractivity contribution in [2.45, 2.75) is 6.92 Å². The first-order valence-electron chi connectivity index (χ1n) is 2.03. The molecule has 0 aliphatic heterocycles. The molecule has 0 amide bonds. The van der Waals surface area contributed by atoms with E-state index in [0.717, 1.165) is 5.03 Å². The Balaban J connectivity index is 3.37. The van der Waals surface area contributed by atoms with Crippen LogP contribution in [0.15, 0.2) is 16.6 Å². The molecule has 0 unspecified atom stereocenters. The average molecular weight is 115 g/mol. The number of hydrogen-bond acceptors (Lipinski definition) is 2. The lowest BCUT2D eigenvalue weighted by Gasteiger charge is -1.85. The van der Waals surface area contributed by atoms with Gasteiger partial charge in [0, 0.05) is 6.21 Å². The second-order valence-electron chi connectivity index (χ2n) is 0.985. The van der Waals surface area contributed by atoms with Gasteiger partial charge >= 0.3 is 0 Å². The summed E-state index contributed by atoms with van der Waals surface area (Å²) in [5, 5.41) is 0.863. The molecular formula is C5H9NS. The van der Waals surface area contributed by atoms with Gasteiger partial charge in [-0.3, -0.25) is 4.99 Å². The van der Waals surface area contributed by atoms with Crippen LogP contribution in [0, 0.1) is 0 Å². The smallest absolute Gasteiger partial charge is 0.0881 e. The van der Waals surface area contributed by atoms with Crippen molar-refractivity contribution in [1.29, 1.82) is 0 Å². The van der Waals surface area contributed by atoms with E-state index >= 15 is 0 Å². The zero-order chi connectivity index (χ0) is 5.70. The summed E-state index contributed by atoms with van der Waals surface area (Å²) in [4.78, 5) is 3.89. The molecule has 0 atom stereocenters. The molecule has 0 radical (unpaired) electrons. The van der Waals surface area contributed by atoms with E-state index < -0.39 is 0 Å². The standard InChI is InChI=1S/C5H9NS/c1-4-6-5(2)7-3/h4H,2H2,1,3H3. The number of rotatable bonds is 2. The minimum absolute atomic E-state index is 0.863. The van der Waals surface area contributed by atoms with Gasteiger partial charge in [0.25, 0.3) is 0 Å². The highest BCUT2D eigenvalue weighted by molar-refractivity contribution is 8.02. The van der Waals surface area contributed by atoms with Gasteiger partial charge in [0.2, 0.25) is 0 Å². The Morgan fingerprint density at radius 2 is 2.43 bits per heavy atom. The van der Waals surface area contributed by atoms with Gasteiger partial charge in [-0.1, -0.05) is 6.58 Å². The third kappa shape index (κ3) is 3.59. The van der Waals surface area contributed by atoms with Gasteiger partial charge < -0.3 is 0 Å². The molecule has 0 heterocycles. The molecule has 0 fully saturated rings. The van der Waals surface area contributed by atoms with E-state index in [0.29, 0.717) is 0 Å². The third-order valence-corrected chi connectivity index (χ3v) is 1.09. The van der Waals surface area contributed by atoms with Gasteiger partial charge in [0.1, 0.15) is 0 Å². The van der Waals surface area contributed by atoms with Gasteiger partial charge in [-0.2, -0.15) is 0 Å². The molecule has 1 nitrogen and oxygen atoms in total. The summed E-state index contributed by atoms with van der Waals surface area (Å²) >= 11 is 1.56. The summed E-state index contributed by atoms with van der Waals surface area (Å²) in [6, 6.07) is 0. The van der Waals surface area contributed by atoms with Gasteiger partial charge in [0.15, 0.2) is 0 Å². The molecule has 0 bridgehead atoms. The maximum atomic E-state index is 3.89. The van der Waals surface area contributed by atoms with Crippen LogP contribution in [0.5, 0.6) is 0 Å². The summed E-state index contributed by atoms with van der Waals surface area (Å²) in [5.41, 5.74) is 0. The highest BCUT2D eigenvalue weighted by atomic mass is 32.2. The zero-order valence-corrected chi connectivity index (χ0v) is 5.46. The fraction of sp³-hybridized carbons (Fsp3) is 0.400. The SMILES string of the molecule is C=C(N=CC)SC. The van der Waals surface area contributed by atoms with Crippen molar-refractivity contribution < 1.29 is 0 Å². The Kier molecular flexibility index (Phi) is 3.80. The van der Waals surface area contributed by atoms with Crippen molar-refractivity contribution in [2.24, 2.45) is 4.99 Å². The van der Waals surface area contributed by atoms with Crippen molar-refractivity contribution in [3.63, 3.8) is 0 Å². The van der Waals surface area contributed by atoms with E-state index in [1.807, 2.05) is 13.2 Å². The first-order valence-corrected chi connectivity index (χ1v) is 3.25. The Hall–Kier alpha value is -0.240. The minimum Gasteiger partial charge on any atom is -0.255 e. The summed E-state index contributed by atoms with van der Waals surface area (Å²) in [6.07, 6.45) is 3.69. The minimum atomic E-state index is 0.863. The van der Waals surface area contributed by atoms with E-state index in [1.54, 1.807) is 18.0 Å². The lowest BCUT2D eigenvalue weighted by atomic mass is 10.9. The molecule has 0 rings (SSSR count). The summed E-state index contributed by atoms with van der Waals surface area (Å²) in [7, 11) is 0. The van der Waals surface area contributed by atoms with Crippen LogP contribution < -0.4 is 0 Å². The lowest BCUT2D eigenvalue weighted by Crippen LogP contribution is -1.62. The van der Waals surface area contributed by atoms with Crippen LogP contribution in [-0.2, 0) is 0 Å². The van der Waals surface area contributed by atoms with Crippen LogP contribution >= 0.6 is 11.8 Å². The first kappa shape index (κ1) is 6.76. The van der Waals surface area contributed by atoms with E-state index in [1.165, 1.54) is 0 Å². The Morgan fingerprint density at radius 3 is 2.57 bits per heavy atom. The monoisotopic (exact) mass is 115 g/mol. The van der Waals surface area contributed by atoms with Crippen LogP contribution in [0.3, 0.4) is 0 Å². The van der Waals surface area contributed by atoms with Crippen molar-refractivity contribution in [3.05, 3.63) is 11.6 Å². The van der Waals surface area contributed by atoms with Crippen molar-refractivity contribution in [1.82, 2.24) is 0 Å². The number of hydrogen-bond donors (Lipinski definition) is 0. The number of thioether (sulfide) groups is 1. The predicted molar refractivity (Wildman–Crippen MR) is 36.8 cm³/mol. The molecule has 2 heteroatoms. The Labute approximate surface area is 48.5 Å². The summed E-state index contributed by atoms with van der Waals surface area (Å²) in [5.74, 6) is 0. The van der Waals surface area contributed by atoms with Crippen LogP contribution in [0.4, 0.5) is 0 Å². The Bertz CT molecular complexity index is 86.1. The highest BCUT2D eigenvalue weighted by Crippen LogP contribution is 2.07. The maximum absolute atomic E-state index is 3.89. The molecule has 0 aromatic rings. The van der Waals surface area contributed by atoms with Crippen molar-refractivity contribution in [3.8, 4) is 0 Å². The third-order valence-electron chi connectivity index (χ3n) is 0.509.